The molecule has 6 nitrogen and oxygen atoms in total. The molecule has 0 unspecified atom stereocenters. The SMILES string of the molecule is CCC(=O)Nc1ccc(C(=O)CSc2nnc(C)n2-c2ccc(C)cc2)cc1. The fourth-order valence-corrected chi connectivity index (χ4v) is 3.52. The summed E-state index contributed by atoms with van der Waals surface area (Å²) in [6.07, 6.45) is 0.415. The van der Waals surface area contributed by atoms with E-state index in [1.54, 1.807) is 31.2 Å². The molecule has 28 heavy (non-hydrogen) atoms. The third kappa shape index (κ3) is 4.67. The van der Waals surface area contributed by atoms with Crippen molar-refractivity contribution >= 4 is 29.1 Å². The minimum Gasteiger partial charge on any atom is -0.326 e. The van der Waals surface area contributed by atoms with Gasteiger partial charge in [0.05, 0.1) is 5.75 Å². The summed E-state index contributed by atoms with van der Waals surface area (Å²) in [5, 5.41) is 11.8. The first kappa shape index (κ1) is 19.8. The van der Waals surface area contributed by atoms with E-state index in [4.69, 9.17) is 0 Å². The second-order valence-electron chi connectivity index (χ2n) is 6.39. The molecule has 1 aromatic heterocycles. The van der Waals surface area contributed by atoms with Gasteiger partial charge >= 0.3 is 0 Å². The molecule has 144 valence electrons. The zero-order valence-corrected chi connectivity index (χ0v) is 16.9. The number of ketones is 1. The van der Waals surface area contributed by atoms with Gasteiger partial charge in [-0.25, -0.2) is 0 Å². The molecule has 0 bridgehead atoms. The third-order valence-corrected chi connectivity index (χ3v) is 5.16. The van der Waals surface area contributed by atoms with Crippen molar-refractivity contribution in [2.24, 2.45) is 0 Å². The number of benzene rings is 2. The van der Waals surface area contributed by atoms with E-state index in [2.05, 4.69) is 15.5 Å². The highest BCUT2D eigenvalue weighted by Crippen LogP contribution is 2.23. The maximum Gasteiger partial charge on any atom is 0.224 e. The lowest BCUT2D eigenvalue weighted by Gasteiger charge is -2.09. The van der Waals surface area contributed by atoms with Crippen LogP contribution in [-0.4, -0.2) is 32.2 Å². The quantitative estimate of drug-likeness (QED) is 0.480. The molecule has 3 rings (SSSR count). The molecule has 1 heterocycles. The number of thioether (sulfide) groups is 1. The van der Waals surface area contributed by atoms with Crippen LogP contribution in [0.3, 0.4) is 0 Å². The minimum absolute atomic E-state index is 0.00511. The number of amides is 1. The summed E-state index contributed by atoms with van der Waals surface area (Å²) in [5.74, 6) is 0.967. The first-order chi connectivity index (χ1) is 13.5. The molecule has 2 aromatic carbocycles. The van der Waals surface area contributed by atoms with Crippen LogP contribution in [0.5, 0.6) is 0 Å². The van der Waals surface area contributed by atoms with Crippen molar-refractivity contribution in [2.45, 2.75) is 32.3 Å². The Morgan fingerprint density at radius 2 is 1.68 bits per heavy atom. The van der Waals surface area contributed by atoms with Gasteiger partial charge < -0.3 is 5.32 Å². The summed E-state index contributed by atoms with van der Waals surface area (Å²) in [6, 6.07) is 15.0. The third-order valence-electron chi connectivity index (χ3n) is 4.23. The molecule has 0 atom stereocenters. The van der Waals surface area contributed by atoms with E-state index in [1.807, 2.05) is 42.7 Å². The lowest BCUT2D eigenvalue weighted by Crippen LogP contribution is -2.10. The van der Waals surface area contributed by atoms with Crippen LogP contribution >= 0.6 is 11.8 Å². The Labute approximate surface area is 168 Å². The summed E-state index contributed by atoms with van der Waals surface area (Å²) in [5.41, 5.74) is 3.43. The van der Waals surface area contributed by atoms with E-state index in [-0.39, 0.29) is 17.4 Å². The molecule has 0 saturated carbocycles. The van der Waals surface area contributed by atoms with Gasteiger partial charge in [0.15, 0.2) is 10.9 Å². The van der Waals surface area contributed by atoms with E-state index < -0.39 is 0 Å². The maximum atomic E-state index is 12.5. The van der Waals surface area contributed by atoms with E-state index in [0.717, 1.165) is 11.5 Å². The molecule has 3 aromatic rings. The first-order valence-electron chi connectivity index (χ1n) is 9.03. The maximum absolute atomic E-state index is 12.5. The van der Waals surface area contributed by atoms with Gasteiger partial charge in [-0.2, -0.15) is 0 Å². The zero-order valence-electron chi connectivity index (χ0n) is 16.1. The second kappa shape index (κ2) is 8.84. The van der Waals surface area contributed by atoms with Crippen molar-refractivity contribution in [3.8, 4) is 5.69 Å². The largest absolute Gasteiger partial charge is 0.326 e. The van der Waals surface area contributed by atoms with Crippen LogP contribution < -0.4 is 5.32 Å². The monoisotopic (exact) mass is 394 g/mol. The number of rotatable bonds is 7. The molecule has 0 aliphatic carbocycles. The molecular weight excluding hydrogens is 372 g/mol. The smallest absolute Gasteiger partial charge is 0.224 e. The lowest BCUT2D eigenvalue weighted by atomic mass is 10.1. The highest BCUT2D eigenvalue weighted by Gasteiger charge is 2.14. The van der Waals surface area contributed by atoms with Crippen LogP contribution in [-0.2, 0) is 4.79 Å². The Hall–Kier alpha value is -2.93. The van der Waals surface area contributed by atoms with Gasteiger partial charge in [0, 0.05) is 23.4 Å². The Morgan fingerprint density at radius 1 is 1.00 bits per heavy atom. The van der Waals surface area contributed by atoms with Crippen molar-refractivity contribution < 1.29 is 9.59 Å². The van der Waals surface area contributed by atoms with E-state index in [1.165, 1.54) is 17.3 Å². The van der Waals surface area contributed by atoms with Crippen LogP contribution in [0.2, 0.25) is 0 Å². The molecule has 1 N–H and O–H groups in total. The number of hydrogen-bond acceptors (Lipinski definition) is 5. The van der Waals surface area contributed by atoms with E-state index >= 15 is 0 Å². The van der Waals surface area contributed by atoms with Crippen LogP contribution in [0.1, 0.15) is 35.1 Å². The summed E-state index contributed by atoms with van der Waals surface area (Å²) >= 11 is 1.36. The topological polar surface area (TPSA) is 76.9 Å². The molecule has 0 aliphatic heterocycles. The van der Waals surface area contributed by atoms with Gasteiger partial charge in [-0.1, -0.05) is 36.4 Å². The van der Waals surface area contributed by atoms with Gasteiger partial charge in [0.1, 0.15) is 5.82 Å². The fraction of sp³-hybridized carbons (Fsp3) is 0.238. The summed E-state index contributed by atoms with van der Waals surface area (Å²) in [7, 11) is 0. The highest BCUT2D eigenvalue weighted by molar-refractivity contribution is 7.99. The molecule has 0 aliphatic rings. The zero-order chi connectivity index (χ0) is 20.1. The van der Waals surface area contributed by atoms with Crippen molar-refractivity contribution in [1.82, 2.24) is 14.8 Å². The number of hydrogen-bond donors (Lipinski definition) is 1. The molecule has 0 fully saturated rings. The number of carbonyl (C=O) groups excluding carboxylic acids is 2. The lowest BCUT2D eigenvalue weighted by molar-refractivity contribution is -0.115. The number of aryl methyl sites for hydroxylation is 2. The number of carbonyl (C=O) groups is 2. The van der Waals surface area contributed by atoms with E-state index in [0.29, 0.717) is 22.8 Å². The Balaban J connectivity index is 1.68. The average molecular weight is 395 g/mol. The van der Waals surface area contributed by atoms with Gasteiger partial charge in [-0.05, 0) is 50.2 Å². The number of anilines is 1. The molecular formula is C21H22N4O2S. The van der Waals surface area contributed by atoms with Crippen LogP contribution in [0.15, 0.2) is 53.7 Å². The van der Waals surface area contributed by atoms with Crippen LogP contribution in [0, 0.1) is 13.8 Å². The normalized spacial score (nSPS) is 10.7. The average Bonchev–Trinajstić information content (AvgIpc) is 3.07. The minimum atomic E-state index is -0.0551. The van der Waals surface area contributed by atoms with Gasteiger partial charge in [-0.15, -0.1) is 10.2 Å². The predicted octanol–water partition coefficient (Wildman–Crippen LogP) is 4.21. The van der Waals surface area contributed by atoms with Crippen molar-refractivity contribution in [3.05, 3.63) is 65.5 Å². The van der Waals surface area contributed by atoms with Crippen molar-refractivity contribution in [2.75, 3.05) is 11.1 Å². The molecule has 7 heteroatoms. The number of nitrogens with one attached hydrogen (secondary N) is 1. The number of aromatic nitrogens is 3. The summed E-state index contributed by atoms with van der Waals surface area (Å²) < 4.78 is 1.95. The van der Waals surface area contributed by atoms with Gasteiger partial charge in [0.25, 0.3) is 0 Å². The predicted molar refractivity (Wildman–Crippen MR) is 111 cm³/mol. The Kier molecular flexibility index (Phi) is 6.26. The molecule has 0 radical (unpaired) electrons. The second-order valence-corrected chi connectivity index (χ2v) is 7.33. The number of nitrogens with zero attached hydrogens (tertiary/aromatic N) is 3. The number of Topliss-reactive ketones (excluding diaryl/α,β-unsaturated/α-hetero) is 1. The molecule has 0 spiro atoms. The highest BCUT2D eigenvalue weighted by atomic mass is 32.2. The fourth-order valence-electron chi connectivity index (χ4n) is 2.63. The van der Waals surface area contributed by atoms with Gasteiger partial charge in [-0.3, -0.25) is 14.2 Å². The standard InChI is InChI=1S/C21H22N4O2S/c1-4-20(27)22-17-9-7-16(8-10-17)19(26)13-28-21-24-23-15(3)25(21)18-11-5-14(2)6-12-18/h5-12H,4,13H2,1-3H3,(H,22,27). The Bertz CT molecular complexity index is 979. The van der Waals surface area contributed by atoms with Crippen molar-refractivity contribution in [3.63, 3.8) is 0 Å². The molecule has 1 amide bonds. The summed E-state index contributed by atoms with van der Waals surface area (Å²) in [6.45, 7) is 5.72. The van der Waals surface area contributed by atoms with Crippen LogP contribution in [0.25, 0.3) is 5.69 Å². The summed E-state index contributed by atoms with van der Waals surface area (Å²) in [4.78, 5) is 24.0. The van der Waals surface area contributed by atoms with E-state index in [9.17, 15) is 9.59 Å². The van der Waals surface area contributed by atoms with Crippen LogP contribution in [0.4, 0.5) is 5.69 Å². The molecule has 0 saturated heterocycles. The van der Waals surface area contributed by atoms with Crippen molar-refractivity contribution in [1.29, 1.82) is 0 Å². The Morgan fingerprint density at radius 3 is 2.32 bits per heavy atom. The van der Waals surface area contributed by atoms with Gasteiger partial charge in [0.2, 0.25) is 5.91 Å². The first-order valence-corrected chi connectivity index (χ1v) is 10.0.